The van der Waals surface area contributed by atoms with Crippen molar-refractivity contribution >= 4 is 22.4 Å². The summed E-state index contributed by atoms with van der Waals surface area (Å²) in [6, 6.07) is 0.00462. The molecule has 2 saturated heterocycles. The molecule has 2 heterocycles. The van der Waals surface area contributed by atoms with Crippen molar-refractivity contribution in [1.29, 1.82) is 0 Å². The Morgan fingerprint density at radius 3 is 2.52 bits per heavy atom. The monoisotopic (exact) mass is 480 g/mol. The van der Waals surface area contributed by atoms with Crippen LogP contribution in [0.1, 0.15) is 66.7 Å². The summed E-state index contributed by atoms with van der Waals surface area (Å²) < 4.78 is 20.3. The largest absolute Gasteiger partial charge is 0.411 e. The predicted molar refractivity (Wildman–Crippen MR) is 126 cm³/mol. The smallest absolute Gasteiger partial charge is 0.223 e. The van der Waals surface area contributed by atoms with Crippen LogP contribution in [0.3, 0.4) is 0 Å². The van der Waals surface area contributed by atoms with Gasteiger partial charge in [-0.1, -0.05) is 32.9 Å². The van der Waals surface area contributed by atoms with Crippen molar-refractivity contribution in [3.63, 3.8) is 0 Å². The summed E-state index contributed by atoms with van der Waals surface area (Å²) in [4.78, 5) is 12.7. The van der Waals surface area contributed by atoms with Crippen LogP contribution in [0, 0.1) is 40.4 Å². The number of ether oxygens (including phenoxy) is 1. The first-order valence-corrected chi connectivity index (χ1v) is 14.2. The van der Waals surface area contributed by atoms with E-state index in [2.05, 4.69) is 45.1 Å². The Morgan fingerprint density at radius 2 is 1.88 bits per heavy atom. The van der Waals surface area contributed by atoms with Gasteiger partial charge in [0.15, 0.2) is 0 Å². The molecule has 0 aromatic rings. The van der Waals surface area contributed by atoms with Crippen LogP contribution in [0.15, 0.2) is 5.16 Å². The fourth-order valence-corrected chi connectivity index (χ4v) is 10.1. The maximum absolute atomic E-state index is 13.0. The van der Waals surface area contributed by atoms with Crippen molar-refractivity contribution in [3.05, 3.63) is 0 Å². The molecule has 3 N–H and O–H groups in total. The first kappa shape index (κ1) is 23.7. The zero-order valence-corrected chi connectivity index (χ0v) is 21.5. The zero-order valence-electron chi connectivity index (χ0n) is 20.7. The second-order valence-electron chi connectivity index (χ2n) is 12.5. The molecule has 0 radical (unpaired) electrons. The molecule has 0 bridgehead atoms. The maximum atomic E-state index is 13.0. The number of aliphatic hydroxyl groups is 1. The van der Waals surface area contributed by atoms with Crippen molar-refractivity contribution in [2.45, 2.75) is 95.8 Å². The average molecular weight is 481 g/mol. The normalized spacial score (nSPS) is 55.1. The molecule has 33 heavy (non-hydrogen) atoms. The van der Waals surface area contributed by atoms with Crippen LogP contribution in [0.25, 0.3) is 0 Å². The maximum Gasteiger partial charge on any atom is 0.223 e. The van der Waals surface area contributed by atoms with Gasteiger partial charge in [-0.05, 0) is 56.3 Å². The number of nitrogens with one attached hydrogen (secondary N) is 1. The molecule has 1 spiro atoms. The minimum atomic E-state index is -1.21. The predicted octanol–water partition coefficient (Wildman–Crippen LogP) is 2.71. The van der Waals surface area contributed by atoms with E-state index in [1.807, 2.05) is 0 Å². The topological polar surface area (TPSA) is 108 Å². The highest BCUT2D eigenvalue weighted by atomic mass is 32.2. The number of hydrogen-bond acceptors (Lipinski definition) is 6. The fraction of sp³-hybridized carbons (Fsp3) is 0.920. The van der Waals surface area contributed by atoms with Gasteiger partial charge in [0.1, 0.15) is 0 Å². The number of amides is 1. The molecule has 12 atom stereocenters. The summed E-state index contributed by atoms with van der Waals surface area (Å²) in [7, 11) is -1.21. The highest BCUT2D eigenvalue weighted by Gasteiger charge is 2.72. The number of hydrogen-bond donors (Lipinski definition) is 3. The van der Waals surface area contributed by atoms with Gasteiger partial charge in [0.05, 0.1) is 28.8 Å². The van der Waals surface area contributed by atoms with Gasteiger partial charge in [-0.3, -0.25) is 9.00 Å². The lowest BCUT2D eigenvalue weighted by Crippen LogP contribution is -2.74. The molecule has 3 aliphatic carbocycles. The van der Waals surface area contributed by atoms with Crippen molar-refractivity contribution in [1.82, 2.24) is 5.32 Å². The van der Waals surface area contributed by atoms with E-state index in [-0.39, 0.29) is 52.4 Å². The molecular weight excluding hydrogens is 440 g/mol. The van der Waals surface area contributed by atoms with Crippen LogP contribution in [-0.4, -0.2) is 61.5 Å². The fourth-order valence-electron chi connectivity index (χ4n) is 8.99. The van der Waals surface area contributed by atoms with E-state index in [0.717, 1.165) is 19.3 Å². The number of oxime groups is 1. The minimum Gasteiger partial charge on any atom is -0.411 e. The highest BCUT2D eigenvalue weighted by Crippen LogP contribution is 2.68. The molecule has 0 aromatic heterocycles. The van der Waals surface area contributed by atoms with Crippen LogP contribution in [-0.2, 0) is 20.3 Å². The van der Waals surface area contributed by atoms with Gasteiger partial charge in [-0.2, -0.15) is 0 Å². The zero-order chi connectivity index (χ0) is 24.1. The number of carbonyl (C=O) groups excluding carboxylic acids is 1. The van der Waals surface area contributed by atoms with Crippen LogP contribution < -0.4 is 5.32 Å². The molecule has 12 unspecified atom stereocenters. The standard InChI is InChI=1S/C25H40N2O5S/c1-12-7-8-18-23(3,4)21(27-30)17(33(6)31)11-25(18)24(12,5)10-15-16(28)9-14-19(20(15)32-25)13(2)26-22(14)29/h12-20,28,30H,7-11H2,1-6H3,(H,26,29). The Bertz CT molecular complexity index is 907. The second kappa shape index (κ2) is 7.50. The van der Waals surface area contributed by atoms with Crippen LogP contribution in [0.5, 0.6) is 0 Å². The third-order valence-electron chi connectivity index (χ3n) is 10.9. The summed E-state index contributed by atoms with van der Waals surface area (Å²) in [6.07, 6.45) is 4.80. The lowest BCUT2D eigenvalue weighted by Gasteiger charge is -2.70. The average Bonchev–Trinajstić information content (AvgIpc) is 3.00. The molecule has 3 saturated carbocycles. The first-order valence-electron chi connectivity index (χ1n) is 12.6. The molecule has 5 fully saturated rings. The van der Waals surface area contributed by atoms with E-state index < -0.39 is 27.9 Å². The number of rotatable bonds is 1. The number of aliphatic hydroxyl groups excluding tert-OH is 1. The Hall–Kier alpha value is -0.990. The van der Waals surface area contributed by atoms with Gasteiger partial charge >= 0.3 is 0 Å². The third-order valence-corrected chi connectivity index (χ3v) is 12.1. The molecule has 8 heteroatoms. The molecule has 7 nitrogen and oxygen atoms in total. The van der Waals surface area contributed by atoms with Gasteiger partial charge < -0.3 is 20.4 Å². The van der Waals surface area contributed by atoms with Crippen LogP contribution in [0.4, 0.5) is 0 Å². The Kier molecular flexibility index (Phi) is 5.40. The molecule has 5 rings (SSSR count). The summed E-state index contributed by atoms with van der Waals surface area (Å²) in [5.41, 5.74) is -0.610. The van der Waals surface area contributed by atoms with Gasteiger partial charge in [0.2, 0.25) is 5.91 Å². The lowest BCUT2D eigenvalue weighted by molar-refractivity contribution is -0.319. The SMILES string of the molecule is CC1NC(=O)C2CC(O)C3CC4(C)C(C)CCC5C(C)(C)C(=NO)C(S(C)=O)CC54OC3C12. The van der Waals surface area contributed by atoms with Gasteiger partial charge in [0.25, 0.3) is 0 Å². The highest BCUT2D eigenvalue weighted by molar-refractivity contribution is 7.85. The van der Waals surface area contributed by atoms with E-state index in [0.29, 0.717) is 24.5 Å². The molecule has 2 aliphatic heterocycles. The van der Waals surface area contributed by atoms with E-state index in [1.165, 1.54) is 0 Å². The van der Waals surface area contributed by atoms with Crippen LogP contribution in [0.2, 0.25) is 0 Å². The van der Waals surface area contributed by atoms with Crippen molar-refractivity contribution in [2.75, 3.05) is 6.26 Å². The first-order chi connectivity index (χ1) is 15.4. The minimum absolute atomic E-state index is 0.00462. The Morgan fingerprint density at radius 1 is 1.18 bits per heavy atom. The van der Waals surface area contributed by atoms with Gasteiger partial charge in [-0.25, -0.2) is 0 Å². The Balaban J connectivity index is 1.66. The molecule has 186 valence electrons. The van der Waals surface area contributed by atoms with Crippen molar-refractivity contribution in [3.8, 4) is 0 Å². The van der Waals surface area contributed by atoms with E-state index >= 15 is 0 Å². The molecular formula is C25H40N2O5S. The molecule has 5 aliphatic rings. The van der Waals surface area contributed by atoms with Gasteiger partial charge in [0, 0.05) is 46.3 Å². The number of nitrogens with zero attached hydrogens (tertiary/aromatic N) is 1. The number of fused-ring (bicyclic) bond motifs is 3. The van der Waals surface area contributed by atoms with Crippen LogP contribution >= 0.6 is 0 Å². The number of carbonyl (C=O) groups is 1. The summed E-state index contributed by atoms with van der Waals surface area (Å²) >= 11 is 0. The quantitative estimate of drug-likeness (QED) is 0.395. The molecule has 0 aromatic carbocycles. The van der Waals surface area contributed by atoms with Crippen molar-refractivity contribution in [2.24, 2.45) is 45.6 Å². The second-order valence-corrected chi connectivity index (χ2v) is 14.0. The molecule has 1 amide bonds. The third kappa shape index (κ3) is 2.95. The summed E-state index contributed by atoms with van der Waals surface area (Å²) in [5.74, 6) is 0.313. The summed E-state index contributed by atoms with van der Waals surface area (Å²) in [6.45, 7) is 10.9. The Labute approximate surface area is 199 Å². The van der Waals surface area contributed by atoms with E-state index in [4.69, 9.17) is 4.74 Å². The van der Waals surface area contributed by atoms with Crippen molar-refractivity contribution < 1.29 is 24.1 Å². The van der Waals surface area contributed by atoms with E-state index in [1.54, 1.807) is 6.26 Å². The van der Waals surface area contributed by atoms with Gasteiger partial charge in [-0.15, -0.1) is 0 Å². The summed E-state index contributed by atoms with van der Waals surface area (Å²) in [5, 5.41) is 27.6. The lowest BCUT2D eigenvalue weighted by atomic mass is 9.42. The van der Waals surface area contributed by atoms with E-state index in [9.17, 15) is 19.3 Å².